The molecule has 1 amide bonds. The molecule has 0 spiro atoms. The van der Waals surface area contributed by atoms with E-state index in [2.05, 4.69) is 0 Å². The molecule has 1 fully saturated rings. The van der Waals surface area contributed by atoms with Crippen molar-refractivity contribution in [3.05, 3.63) is 54.1 Å². The number of rotatable bonds is 2. The van der Waals surface area contributed by atoms with Crippen LogP contribution in [-0.2, 0) is 4.79 Å². The maximum atomic E-state index is 13.3. The Morgan fingerprint density at radius 3 is 2.57 bits per heavy atom. The van der Waals surface area contributed by atoms with Gasteiger partial charge in [-0.3, -0.25) is 19.1 Å². The Labute approximate surface area is 164 Å². The number of carbonyl (C=O) groups excluding carboxylic acids is 2. The Kier molecular flexibility index (Phi) is 5.28. The lowest BCUT2D eigenvalue weighted by Crippen LogP contribution is -2.49. The lowest BCUT2D eigenvalue weighted by Gasteiger charge is -2.33. The average molecular weight is 379 g/mol. The molecule has 6 heteroatoms. The molecule has 0 bridgehead atoms. The number of hydrogen-bond donors (Lipinski definition) is 0. The number of ether oxygens (including phenoxy) is 1. The van der Waals surface area contributed by atoms with Crippen LogP contribution in [0.4, 0.5) is 5.69 Å². The van der Waals surface area contributed by atoms with Crippen LogP contribution < -0.4 is 15.1 Å². The van der Waals surface area contributed by atoms with Gasteiger partial charge in [-0.05, 0) is 37.1 Å². The Bertz CT molecular complexity index is 944. The van der Waals surface area contributed by atoms with Crippen molar-refractivity contribution in [1.29, 1.82) is 0 Å². The van der Waals surface area contributed by atoms with Crippen molar-refractivity contribution in [3.63, 3.8) is 0 Å². The summed E-state index contributed by atoms with van der Waals surface area (Å²) >= 11 is 0. The van der Waals surface area contributed by atoms with Crippen LogP contribution in [0.2, 0.25) is 0 Å². The molecule has 28 heavy (non-hydrogen) atoms. The zero-order valence-electron chi connectivity index (χ0n) is 16.1. The van der Waals surface area contributed by atoms with E-state index in [0.717, 1.165) is 12.8 Å². The summed E-state index contributed by atoms with van der Waals surface area (Å²) in [5.41, 5.74) is 1.35. The maximum absolute atomic E-state index is 13.3. The van der Waals surface area contributed by atoms with Crippen molar-refractivity contribution in [2.45, 2.75) is 51.2 Å². The van der Waals surface area contributed by atoms with Gasteiger partial charge < -0.3 is 9.64 Å². The standard InChI is InChI=1S/C22H25N3O3/c1-16(26)25-15-20(28-19-12-6-5-11-18(19)25)22(27)24-14-8-7-13-21(24)23-17-9-3-2-4-10-17/h5-8,11-14,17,20H,2-4,9-10,15H2,1H3. The molecule has 6 nitrogen and oxygen atoms in total. The van der Waals surface area contributed by atoms with Crippen molar-refractivity contribution in [3.8, 4) is 5.75 Å². The van der Waals surface area contributed by atoms with Crippen LogP contribution in [0.3, 0.4) is 0 Å². The first-order chi connectivity index (χ1) is 13.6. The Morgan fingerprint density at radius 2 is 1.79 bits per heavy atom. The largest absolute Gasteiger partial charge is 0.476 e. The average Bonchev–Trinajstić information content (AvgIpc) is 2.73. The van der Waals surface area contributed by atoms with Crippen LogP contribution in [0.25, 0.3) is 0 Å². The summed E-state index contributed by atoms with van der Waals surface area (Å²) in [4.78, 5) is 31.8. The van der Waals surface area contributed by atoms with Gasteiger partial charge in [0.15, 0.2) is 6.10 Å². The predicted octanol–water partition coefficient (Wildman–Crippen LogP) is 3.18. The lowest BCUT2D eigenvalue weighted by atomic mass is 9.96. The first-order valence-corrected chi connectivity index (χ1v) is 9.93. The summed E-state index contributed by atoms with van der Waals surface area (Å²) in [7, 11) is 0. The second-order valence-corrected chi connectivity index (χ2v) is 7.39. The van der Waals surface area contributed by atoms with Crippen LogP contribution in [0.5, 0.6) is 5.75 Å². The molecular formula is C22H25N3O3. The normalized spacial score (nSPS) is 20.4. The zero-order valence-corrected chi connectivity index (χ0v) is 16.1. The van der Waals surface area contributed by atoms with Crippen molar-refractivity contribution in [2.75, 3.05) is 11.4 Å². The summed E-state index contributed by atoms with van der Waals surface area (Å²) in [5, 5.41) is 0. The zero-order chi connectivity index (χ0) is 19.5. The summed E-state index contributed by atoms with van der Waals surface area (Å²) < 4.78 is 7.53. The number of fused-ring (bicyclic) bond motifs is 1. The van der Waals surface area contributed by atoms with Crippen LogP contribution in [0.15, 0.2) is 53.7 Å². The van der Waals surface area contributed by atoms with Gasteiger partial charge >= 0.3 is 0 Å². The van der Waals surface area contributed by atoms with Gasteiger partial charge in [-0.2, -0.15) is 0 Å². The Balaban J connectivity index is 1.65. The van der Waals surface area contributed by atoms with E-state index in [1.807, 2.05) is 36.4 Å². The highest BCUT2D eigenvalue weighted by atomic mass is 16.5. The van der Waals surface area contributed by atoms with Crippen molar-refractivity contribution in [1.82, 2.24) is 4.57 Å². The van der Waals surface area contributed by atoms with E-state index in [1.54, 1.807) is 21.7 Å². The molecule has 1 aromatic carbocycles. The highest BCUT2D eigenvalue weighted by Gasteiger charge is 2.33. The number of anilines is 1. The quantitative estimate of drug-likeness (QED) is 0.805. The third kappa shape index (κ3) is 3.72. The highest BCUT2D eigenvalue weighted by molar-refractivity contribution is 5.96. The maximum Gasteiger partial charge on any atom is 0.275 e. The SMILES string of the molecule is CC(=O)N1CC(C(=O)n2ccccc2=NC2CCCCC2)Oc2ccccc21. The van der Waals surface area contributed by atoms with E-state index in [9.17, 15) is 9.59 Å². The van der Waals surface area contributed by atoms with Gasteiger partial charge in [-0.15, -0.1) is 0 Å². The van der Waals surface area contributed by atoms with Crippen molar-refractivity contribution >= 4 is 17.5 Å². The van der Waals surface area contributed by atoms with Crippen LogP contribution in [0.1, 0.15) is 43.8 Å². The molecule has 0 radical (unpaired) electrons. The Hall–Kier alpha value is -2.89. The number of para-hydroxylation sites is 2. The summed E-state index contributed by atoms with van der Waals surface area (Å²) in [6.07, 6.45) is 6.72. The monoisotopic (exact) mass is 379 g/mol. The predicted molar refractivity (Wildman–Crippen MR) is 106 cm³/mol. The highest BCUT2D eigenvalue weighted by Crippen LogP contribution is 2.33. The van der Waals surface area contributed by atoms with E-state index < -0.39 is 6.10 Å². The van der Waals surface area contributed by atoms with E-state index >= 15 is 0 Å². The smallest absolute Gasteiger partial charge is 0.275 e. The number of aromatic nitrogens is 1. The third-order valence-electron chi connectivity index (χ3n) is 5.39. The van der Waals surface area contributed by atoms with E-state index in [1.165, 1.54) is 26.2 Å². The molecule has 1 atom stereocenters. The van der Waals surface area contributed by atoms with Gasteiger partial charge in [-0.1, -0.05) is 37.5 Å². The summed E-state index contributed by atoms with van der Waals surface area (Å²) in [6.45, 7) is 1.69. The Morgan fingerprint density at radius 1 is 1.04 bits per heavy atom. The molecule has 2 heterocycles. The minimum Gasteiger partial charge on any atom is -0.476 e. The van der Waals surface area contributed by atoms with Crippen LogP contribution >= 0.6 is 0 Å². The molecule has 0 N–H and O–H groups in total. The van der Waals surface area contributed by atoms with E-state index in [0.29, 0.717) is 16.9 Å². The van der Waals surface area contributed by atoms with Crippen molar-refractivity contribution < 1.29 is 14.3 Å². The van der Waals surface area contributed by atoms with E-state index in [4.69, 9.17) is 9.73 Å². The molecule has 2 aliphatic rings. The minimum atomic E-state index is -0.772. The summed E-state index contributed by atoms with van der Waals surface area (Å²) in [5.74, 6) is 0.222. The minimum absolute atomic E-state index is 0.112. The number of pyridine rings is 1. The molecule has 4 rings (SSSR count). The molecule has 1 aromatic heterocycles. The fraction of sp³-hybridized carbons (Fsp3) is 0.409. The number of carbonyl (C=O) groups is 2. The topological polar surface area (TPSA) is 63.9 Å². The molecule has 1 aliphatic heterocycles. The van der Waals surface area contributed by atoms with Crippen molar-refractivity contribution in [2.24, 2.45) is 4.99 Å². The molecule has 0 saturated heterocycles. The second kappa shape index (κ2) is 8.00. The third-order valence-corrected chi connectivity index (χ3v) is 5.39. The van der Waals surface area contributed by atoms with Gasteiger partial charge in [0.1, 0.15) is 11.2 Å². The summed E-state index contributed by atoms with van der Waals surface area (Å²) in [6, 6.07) is 13.1. The molecule has 1 saturated carbocycles. The first-order valence-electron chi connectivity index (χ1n) is 9.93. The van der Waals surface area contributed by atoms with Gasteiger partial charge in [0.05, 0.1) is 18.3 Å². The molecule has 1 unspecified atom stereocenters. The van der Waals surface area contributed by atoms with Crippen LogP contribution in [0, 0.1) is 0 Å². The fourth-order valence-electron chi connectivity index (χ4n) is 3.94. The van der Waals surface area contributed by atoms with E-state index in [-0.39, 0.29) is 24.4 Å². The lowest BCUT2D eigenvalue weighted by molar-refractivity contribution is -0.116. The fourth-order valence-corrected chi connectivity index (χ4v) is 3.94. The molecular weight excluding hydrogens is 354 g/mol. The van der Waals surface area contributed by atoms with Crippen LogP contribution in [-0.4, -0.2) is 35.1 Å². The van der Waals surface area contributed by atoms with Gasteiger partial charge in [-0.25, -0.2) is 0 Å². The van der Waals surface area contributed by atoms with Gasteiger partial charge in [0.2, 0.25) is 5.91 Å². The second-order valence-electron chi connectivity index (χ2n) is 7.39. The molecule has 146 valence electrons. The number of nitrogens with zero attached hydrogens (tertiary/aromatic N) is 3. The number of hydrogen-bond acceptors (Lipinski definition) is 4. The van der Waals surface area contributed by atoms with Gasteiger partial charge in [0, 0.05) is 13.1 Å². The molecule has 1 aliphatic carbocycles. The first kappa shape index (κ1) is 18.5. The van der Waals surface area contributed by atoms with Gasteiger partial charge in [0.25, 0.3) is 5.91 Å². The number of amides is 1. The number of benzene rings is 1. The molecule has 2 aromatic rings.